The number of benzene rings is 1. The van der Waals surface area contributed by atoms with Gasteiger partial charge < -0.3 is 5.32 Å². The number of rotatable bonds is 6. The second-order valence-electron chi connectivity index (χ2n) is 5.75. The molecule has 0 saturated carbocycles. The lowest BCUT2D eigenvalue weighted by molar-refractivity contribution is -0.133. The van der Waals surface area contributed by atoms with Crippen LogP contribution in [0.4, 0.5) is 0 Å². The Morgan fingerprint density at radius 1 is 1.26 bits per heavy atom. The third-order valence-corrected chi connectivity index (χ3v) is 5.30. The zero-order chi connectivity index (χ0) is 17.0. The van der Waals surface area contributed by atoms with Crippen molar-refractivity contribution in [2.75, 3.05) is 0 Å². The summed E-state index contributed by atoms with van der Waals surface area (Å²) in [6, 6.07) is 7.88. The van der Waals surface area contributed by atoms with E-state index in [0.717, 1.165) is 14.6 Å². The van der Waals surface area contributed by atoms with Gasteiger partial charge in [-0.3, -0.25) is 13.9 Å². The summed E-state index contributed by atoms with van der Waals surface area (Å²) in [7, 11) is 0. The standard InChI is InChI=1S/C16H21N3O2S2/c1-10(2)17-14(20)9-15(21)19(11(3)4)23-16-18-12-7-5-6-8-13(12)22-16/h5-8,10-11H,9H2,1-4H3,(H,17,20). The van der Waals surface area contributed by atoms with Crippen LogP contribution in [0.2, 0.25) is 0 Å². The molecule has 0 aliphatic heterocycles. The monoisotopic (exact) mass is 351 g/mol. The summed E-state index contributed by atoms with van der Waals surface area (Å²) < 4.78 is 3.51. The molecule has 2 amide bonds. The second kappa shape index (κ2) is 7.79. The first-order valence-electron chi connectivity index (χ1n) is 7.51. The number of hydrogen-bond acceptors (Lipinski definition) is 5. The van der Waals surface area contributed by atoms with Gasteiger partial charge in [0, 0.05) is 24.0 Å². The first-order valence-corrected chi connectivity index (χ1v) is 9.10. The molecule has 0 radical (unpaired) electrons. The molecular weight excluding hydrogens is 330 g/mol. The van der Waals surface area contributed by atoms with E-state index in [2.05, 4.69) is 10.3 Å². The van der Waals surface area contributed by atoms with E-state index >= 15 is 0 Å². The maximum Gasteiger partial charge on any atom is 0.242 e. The average Bonchev–Trinajstić information content (AvgIpc) is 2.85. The van der Waals surface area contributed by atoms with Crippen molar-refractivity contribution in [2.24, 2.45) is 0 Å². The number of para-hydroxylation sites is 1. The van der Waals surface area contributed by atoms with Gasteiger partial charge in [-0.25, -0.2) is 4.98 Å². The lowest BCUT2D eigenvalue weighted by atomic mass is 10.3. The summed E-state index contributed by atoms with van der Waals surface area (Å²) in [4.78, 5) is 28.8. The molecule has 0 atom stereocenters. The summed E-state index contributed by atoms with van der Waals surface area (Å²) in [6.07, 6.45) is -0.145. The van der Waals surface area contributed by atoms with Crippen LogP contribution in [-0.4, -0.2) is 33.2 Å². The van der Waals surface area contributed by atoms with Gasteiger partial charge in [-0.1, -0.05) is 12.1 Å². The molecule has 0 spiro atoms. The van der Waals surface area contributed by atoms with Crippen molar-refractivity contribution in [2.45, 2.75) is 50.5 Å². The van der Waals surface area contributed by atoms with E-state index in [0.29, 0.717) is 0 Å². The van der Waals surface area contributed by atoms with Crippen molar-refractivity contribution in [3.8, 4) is 0 Å². The van der Waals surface area contributed by atoms with Gasteiger partial charge in [0.2, 0.25) is 11.8 Å². The third-order valence-electron chi connectivity index (χ3n) is 2.93. The largest absolute Gasteiger partial charge is 0.353 e. The van der Waals surface area contributed by atoms with Crippen LogP contribution in [0.3, 0.4) is 0 Å². The van der Waals surface area contributed by atoms with E-state index in [1.54, 1.807) is 15.6 Å². The Morgan fingerprint density at radius 2 is 1.96 bits per heavy atom. The van der Waals surface area contributed by atoms with Crippen LogP contribution in [-0.2, 0) is 9.59 Å². The van der Waals surface area contributed by atoms with E-state index in [9.17, 15) is 9.59 Å². The highest BCUT2D eigenvalue weighted by Gasteiger charge is 2.23. The summed E-state index contributed by atoms with van der Waals surface area (Å²) in [6.45, 7) is 7.61. The predicted octanol–water partition coefficient (Wildman–Crippen LogP) is 3.46. The molecule has 0 bridgehead atoms. The molecule has 2 rings (SSSR count). The second-order valence-corrected chi connectivity index (χ2v) is 8.00. The van der Waals surface area contributed by atoms with Crippen molar-refractivity contribution >= 4 is 45.3 Å². The fourth-order valence-electron chi connectivity index (χ4n) is 2.01. The van der Waals surface area contributed by atoms with Gasteiger partial charge in [-0.05, 0) is 39.8 Å². The molecule has 124 valence electrons. The summed E-state index contributed by atoms with van der Waals surface area (Å²) >= 11 is 2.85. The molecule has 23 heavy (non-hydrogen) atoms. The first kappa shape index (κ1) is 17.7. The van der Waals surface area contributed by atoms with Gasteiger partial charge in [-0.15, -0.1) is 11.3 Å². The topological polar surface area (TPSA) is 62.3 Å². The summed E-state index contributed by atoms with van der Waals surface area (Å²) in [5.74, 6) is -0.456. The van der Waals surface area contributed by atoms with E-state index in [4.69, 9.17) is 0 Å². The van der Waals surface area contributed by atoms with Crippen molar-refractivity contribution in [3.63, 3.8) is 0 Å². The normalized spacial score (nSPS) is 11.2. The molecule has 1 N–H and O–H groups in total. The number of hydrogen-bond donors (Lipinski definition) is 1. The van der Waals surface area contributed by atoms with Gasteiger partial charge in [-0.2, -0.15) is 0 Å². The van der Waals surface area contributed by atoms with E-state index in [1.807, 2.05) is 52.0 Å². The minimum absolute atomic E-state index is 0.0219. The highest BCUT2D eigenvalue weighted by atomic mass is 32.2. The number of nitrogens with zero attached hydrogens (tertiary/aromatic N) is 2. The van der Waals surface area contributed by atoms with E-state index in [-0.39, 0.29) is 30.3 Å². The Hall–Kier alpha value is -1.60. The number of carbonyl (C=O) groups excluding carboxylic acids is 2. The predicted molar refractivity (Wildman–Crippen MR) is 95.4 cm³/mol. The minimum atomic E-state index is -0.249. The molecule has 1 aromatic heterocycles. The van der Waals surface area contributed by atoms with Crippen molar-refractivity contribution in [1.82, 2.24) is 14.6 Å². The Morgan fingerprint density at radius 3 is 2.57 bits per heavy atom. The van der Waals surface area contributed by atoms with Gasteiger partial charge in [0.15, 0.2) is 4.34 Å². The van der Waals surface area contributed by atoms with Crippen molar-refractivity contribution in [1.29, 1.82) is 0 Å². The van der Waals surface area contributed by atoms with Crippen LogP contribution < -0.4 is 5.32 Å². The van der Waals surface area contributed by atoms with Crippen LogP contribution in [0.15, 0.2) is 28.6 Å². The van der Waals surface area contributed by atoms with Crippen LogP contribution in [0, 0.1) is 0 Å². The number of nitrogens with one attached hydrogen (secondary N) is 1. The Bertz CT molecular complexity index is 664. The fourth-order valence-corrected chi connectivity index (χ4v) is 4.05. The highest BCUT2D eigenvalue weighted by molar-refractivity contribution is 7.99. The van der Waals surface area contributed by atoms with Crippen LogP contribution in [0.25, 0.3) is 10.2 Å². The van der Waals surface area contributed by atoms with Crippen LogP contribution in [0.1, 0.15) is 34.1 Å². The number of carbonyl (C=O) groups is 2. The smallest absolute Gasteiger partial charge is 0.242 e. The quantitative estimate of drug-likeness (QED) is 0.639. The van der Waals surface area contributed by atoms with Gasteiger partial charge in [0.05, 0.1) is 10.2 Å². The maximum atomic E-state index is 12.4. The number of amides is 2. The fraction of sp³-hybridized carbons (Fsp3) is 0.438. The zero-order valence-electron chi connectivity index (χ0n) is 13.7. The third kappa shape index (κ3) is 4.94. The SMILES string of the molecule is CC(C)NC(=O)CC(=O)N(Sc1nc2ccccc2s1)C(C)C. The molecular formula is C16H21N3O2S2. The van der Waals surface area contributed by atoms with Crippen LogP contribution in [0.5, 0.6) is 0 Å². The molecule has 5 nitrogen and oxygen atoms in total. The summed E-state index contributed by atoms with van der Waals surface area (Å²) in [5, 5.41) is 2.74. The van der Waals surface area contributed by atoms with Crippen molar-refractivity contribution < 1.29 is 9.59 Å². The Labute approximate surface area is 144 Å². The zero-order valence-corrected chi connectivity index (χ0v) is 15.3. The molecule has 7 heteroatoms. The molecule has 0 aliphatic carbocycles. The highest BCUT2D eigenvalue weighted by Crippen LogP contribution is 2.32. The Balaban J connectivity index is 2.08. The lowest BCUT2D eigenvalue weighted by Gasteiger charge is -2.24. The minimum Gasteiger partial charge on any atom is -0.353 e. The van der Waals surface area contributed by atoms with Gasteiger partial charge in [0.1, 0.15) is 6.42 Å². The van der Waals surface area contributed by atoms with Gasteiger partial charge in [0.25, 0.3) is 0 Å². The molecule has 0 unspecified atom stereocenters. The maximum absolute atomic E-state index is 12.4. The van der Waals surface area contributed by atoms with E-state index < -0.39 is 0 Å². The molecule has 1 heterocycles. The lowest BCUT2D eigenvalue weighted by Crippen LogP contribution is -2.37. The first-order chi connectivity index (χ1) is 10.9. The average molecular weight is 351 g/mol. The van der Waals surface area contributed by atoms with Crippen molar-refractivity contribution in [3.05, 3.63) is 24.3 Å². The van der Waals surface area contributed by atoms with E-state index in [1.165, 1.54) is 11.9 Å². The molecule has 0 fully saturated rings. The summed E-state index contributed by atoms with van der Waals surface area (Å²) in [5.41, 5.74) is 0.925. The Kier molecular flexibility index (Phi) is 6.01. The number of fused-ring (bicyclic) bond motifs is 1. The molecule has 0 saturated heterocycles. The molecule has 2 aromatic rings. The number of thiazole rings is 1. The van der Waals surface area contributed by atoms with Gasteiger partial charge >= 0.3 is 0 Å². The van der Waals surface area contributed by atoms with Crippen LogP contribution >= 0.6 is 23.3 Å². The number of aromatic nitrogens is 1. The molecule has 1 aromatic carbocycles. The molecule has 0 aliphatic rings.